The third-order valence-electron chi connectivity index (χ3n) is 8.35. The Hall–Kier alpha value is -3.39. The lowest BCUT2D eigenvalue weighted by Crippen LogP contribution is -2.57. The van der Waals surface area contributed by atoms with Crippen LogP contribution >= 0.6 is 0 Å². The van der Waals surface area contributed by atoms with Crippen LogP contribution in [0.3, 0.4) is 0 Å². The lowest BCUT2D eigenvalue weighted by Gasteiger charge is -2.37. The van der Waals surface area contributed by atoms with Gasteiger partial charge in [-0.1, -0.05) is 30.3 Å². The summed E-state index contributed by atoms with van der Waals surface area (Å²) in [6, 6.07) is 11.8. The maximum absolute atomic E-state index is 15.1. The third kappa shape index (κ3) is 7.12. The van der Waals surface area contributed by atoms with Gasteiger partial charge < -0.3 is 16.4 Å². The van der Waals surface area contributed by atoms with Crippen molar-refractivity contribution in [3.63, 3.8) is 0 Å². The van der Waals surface area contributed by atoms with E-state index in [-0.39, 0.29) is 35.5 Å². The maximum atomic E-state index is 15.1. The Bertz CT molecular complexity index is 1580. The van der Waals surface area contributed by atoms with Crippen molar-refractivity contribution in [3.05, 3.63) is 101 Å². The second kappa shape index (κ2) is 12.9. The number of hydrogen-bond donors (Lipinski definition) is 3. The standard InChI is InChI=1S/C31H33F5N4O3S/c32-22-12-8-20(9-13-22)28(19-6-10-21(11-7-19)31(34,35)36)29(37)30(41)39-27-5-1-4-26(33)25(27)15-14-24-17-38-23-3-2-16-44(42,43)40(24)18-23/h1,4-13,23-24,28-29,38H,2-3,14-18,37H2,(H,39,41)/t23?,24?,28?,29-/m0/s1. The van der Waals surface area contributed by atoms with Crippen molar-refractivity contribution in [3.8, 4) is 0 Å². The Labute approximate surface area is 252 Å². The number of fused-ring (bicyclic) bond motifs is 2. The van der Waals surface area contributed by atoms with Gasteiger partial charge in [0.15, 0.2) is 0 Å². The summed E-state index contributed by atoms with van der Waals surface area (Å²) in [5, 5.41) is 6.05. The van der Waals surface area contributed by atoms with Crippen LogP contribution in [0.1, 0.15) is 47.4 Å². The molecule has 0 aromatic heterocycles. The van der Waals surface area contributed by atoms with Crippen molar-refractivity contribution in [1.29, 1.82) is 0 Å². The molecule has 0 spiro atoms. The number of halogens is 5. The van der Waals surface area contributed by atoms with Crippen molar-refractivity contribution < 1.29 is 35.2 Å². The van der Waals surface area contributed by atoms with Crippen molar-refractivity contribution in [2.45, 2.75) is 55.9 Å². The number of carbonyl (C=O) groups is 1. The second-order valence-corrected chi connectivity index (χ2v) is 13.3. The first kappa shape index (κ1) is 32.0. The summed E-state index contributed by atoms with van der Waals surface area (Å²) in [4.78, 5) is 13.5. The first-order valence-electron chi connectivity index (χ1n) is 14.3. The fraction of sp³-hybridized carbons (Fsp3) is 0.387. The Kier molecular flexibility index (Phi) is 9.40. The first-order chi connectivity index (χ1) is 20.8. The molecule has 44 heavy (non-hydrogen) atoms. The Balaban J connectivity index is 1.37. The summed E-state index contributed by atoms with van der Waals surface area (Å²) < 4.78 is 95.6. The maximum Gasteiger partial charge on any atom is 0.416 e. The smallest absolute Gasteiger partial charge is 0.324 e. The lowest BCUT2D eigenvalue weighted by molar-refractivity contribution is -0.137. The number of anilines is 1. The largest absolute Gasteiger partial charge is 0.416 e. The molecule has 2 aliphatic rings. The van der Waals surface area contributed by atoms with Crippen molar-refractivity contribution >= 4 is 21.6 Å². The van der Waals surface area contributed by atoms with Crippen molar-refractivity contribution in [1.82, 2.24) is 9.62 Å². The van der Waals surface area contributed by atoms with Crippen LogP contribution in [0.4, 0.5) is 27.6 Å². The molecule has 3 aromatic carbocycles. The minimum Gasteiger partial charge on any atom is -0.324 e. The van der Waals surface area contributed by atoms with E-state index in [0.29, 0.717) is 37.1 Å². The molecule has 0 radical (unpaired) electrons. The summed E-state index contributed by atoms with van der Waals surface area (Å²) in [7, 11) is -3.44. The van der Waals surface area contributed by atoms with E-state index in [1.165, 1.54) is 46.8 Å². The topological polar surface area (TPSA) is 105 Å². The number of benzene rings is 3. The van der Waals surface area contributed by atoms with E-state index in [1.54, 1.807) is 0 Å². The van der Waals surface area contributed by atoms with Crippen LogP contribution in [-0.4, -0.2) is 55.6 Å². The highest BCUT2D eigenvalue weighted by Gasteiger charge is 2.38. The molecule has 2 bridgehead atoms. The molecule has 0 saturated carbocycles. The molecule has 5 atom stereocenters. The number of piperazine rings is 1. The molecule has 5 rings (SSSR count). The van der Waals surface area contributed by atoms with Gasteiger partial charge in [-0.2, -0.15) is 17.5 Å². The van der Waals surface area contributed by atoms with Gasteiger partial charge in [0.2, 0.25) is 15.9 Å². The highest BCUT2D eigenvalue weighted by molar-refractivity contribution is 7.89. The van der Waals surface area contributed by atoms with Crippen molar-refractivity contribution in [2.75, 3.05) is 24.2 Å². The predicted octanol–water partition coefficient (Wildman–Crippen LogP) is 4.78. The third-order valence-corrected chi connectivity index (χ3v) is 10.3. The molecule has 2 saturated heterocycles. The van der Waals surface area contributed by atoms with Gasteiger partial charge in [-0.25, -0.2) is 17.2 Å². The Morgan fingerprint density at radius 3 is 2.34 bits per heavy atom. The van der Waals surface area contributed by atoms with Gasteiger partial charge in [0, 0.05) is 42.3 Å². The highest BCUT2D eigenvalue weighted by Crippen LogP contribution is 2.34. The van der Waals surface area contributed by atoms with E-state index in [4.69, 9.17) is 5.73 Å². The SMILES string of the molecule is N[C@H](C(=O)Nc1cccc(F)c1CCC1CNC2CCCS(=O)(=O)N1C2)C(c1ccc(F)cc1)c1ccc(C(F)(F)F)cc1. The molecule has 0 aliphatic carbocycles. The quantitative estimate of drug-likeness (QED) is 0.309. The predicted molar refractivity (Wildman–Crippen MR) is 156 cm³/mol. The van der Waals surface area contributed by atoms with E-state index in [9.17, 15) is 30.8 Å². The molecular formula is C31H33F5N4O3S. The van der Waals surface area contributed by atoms with Gasteiger partial charge in [-0.3, -0.25) is 4.79 Å². The van der Waals surface area contributed by atoms with Gasteiger partial charge in [0.25, 0.3) is 0 Å². The molecular weight excluding hydrogens is 603 g/mol. The highest BCUT2D eigenvalue weighted by atomic mass is 32.2. The minimum absolute atomic E-state index is 0.0642. The van der Waals surface area contributed by atoms with Gasteiger partial charge >= 0.3 is 6.18 Å². The van der Waals surface area contributed by atoms with Gasteiger partial charge in [0.05, 0.1) is 17.4 Å². The molecule has 7 nitrogen and oxygen atoms in total. The molecule has 236 valence electrons. The molecule has 2 aliphatic heterocycles. The average molecular weight is 637 g/mol. The fourth-order valence-corrected chi connectivity index (χ4v) is 7.82. The van der Waals surface area contributed by atoms with Crippen LogP contribution < -0.4 is 16.4 Å². The Morgan fingerprint density at radius 2 is 1.68 bits per heavy atom. The van der Waals surface area contributed by atoms with Gasteiger partial charge in [0.1, 0.15) is 11.6 Å². The number of carbonyl (C=O) groups excluding carboxylic acids is 1. The number of nitrogens with one attached hydrogen (secondary N) is 2. The average Bonchev–Trinajstić information content (AvgIpc) is 3.09. The molecule has 1 amide bonds. The molecule has 4 N–H and O–H groups in total. The number of hydrogen-bond acceptors (Lipinski definition) is 5. The van der Waals surface area contributed by atoms with Crippen molar-refractivity contribution in [2.24, 2.45) is 5.73 Å². The monoisotopic (exact) mass is 636 g/mol. The molecule has 2 heterocycles. The van der Waals surface area contributed by atoms with Crippen LogP contribution in [0.25, 0.3) is 0 Å². The van der Waals surface area contributed by atoms with Crippen LogP contribution in [0.5, 0.6) is 0 Å². The fourth-order valence-electron chi connectivity index (χ4n) is 6.01. The molecule has 13 heteroatoms. The van der Waals surface area contributed by atoms with E-state index >= 15 is 4.39 Å². The number of alkyl halides is 3. The molecule has 2 fully saturated rings. The zero-order valence-corrected chi connectivity index (χ0v) is 24.5. The zero-order chi connectivity index (χ0) is 31.6. The van der Waals surface area contributed by atoms with E-state index in [0.717, 1.165) is 30.7 Å². The second-order valence-electron chi connectivity index (χ2n) is 11.3. The summed E-state index contributed by atoms with van der Waals surface area (Å²) >= 11 is 0. The minimum atomic E-state index is -4.57. The molecule has 4 unspecified atom stereocenters. The summed E-state index contributed by atoms with van der Waals surface area (Å²) in [5.74, 6) is -2.75. The van der Waals surface area contributed by atoms with E-state index < -0.39 is 51.3 Å². The van der Waals surface area contributed by atoms with Crippen LogP contribution in [0.15, 0.2) is 66.7 Å². The molecule has 3 aromatic rings. The van der Waals surface area contributed by atoms with Gasteiger partial charge in [-0.15, -0.1) is 0 Å². The number of sulfonamides is 1. The van der Waals surface area contributed by atoms with Crippen LogP contribution in [0.2, 0.25) is 0 Å². The number of rotatable bonds is 8. The number of nitrogens with two attached hydrogens (primary N) is 1. The van der Waals surface area contributed by atoms with E-state index in [2.05, 4.69) is 10.6 Å². The summed E-state index contributed by atoms with van der Waals surface area (Å²) in [5.41, 5.74) is 6.56. The normalized spacial score (nSPS) is 22.9. The van der Waals surface area contributed by atoms with E-state index in [1.807, 2.05) is 0 Å². The summed E-state index contributed by atoms with van der Waals surface area (Å²) in [6.07, 6.45) is -2.81. The van der Waals surface area contributed by atoms with Crippen LogP contribution in [0, 0.1) is 11.6 Å². The summed E-state index contributed by atoms with van der Waals surface area (Å²) in [6.45, 7) is 0.787. The zero-order valence-electron chi connectivity index (χ0n) is 23.7. The Morgan fingerprint density at radius 1 is 1.02 bits per heavy atom. The number of nitrogens with zero attached hydrogens (tertiary/aromatic N) is 1. The number of amides is 1. The van der Waals surface area contributed by atoms with Gasteiger partial charge in [-0.05, 0) is 73.2 Å². The first-order valence-corrected chi connectivity index (χ1v) is 15.9. The lowest BCUT2D eigenvalue weighted by atomic mass is 9.84. The van der Waals surface area contributed by atoms with Crippen LogP contribution in [-0.2, 0) is 27.4 Å².